The number of aromatic nitrogens is 2. The Morgan fingerprint density at radius 1 is 1.15 bits per heavy atom. The van der Waals surface area contributed by atoms with Gasteiger partial charge in [0.15, 0.2) is 10.3 Å². The van der Waals surface area contributed by atoms with Crippen LogP contribution in [0.5, 0.6) is 0 Å². The highest BCUT2D eigenvalue weighted by molar-refractivity contribution is 7.22. The fourth-order valence-electron chi connectivity index (χ4n) is 2.81. The Bertz CT molecular complexity index is 1130. The second kappa shape index (κ2) is 7.07. The zero-order valence-corrected chi connectivity index (χ0v) is 17.4. The Kier molecular flexibility index (Phi) is 4.75. The van der Waals surface area contributed by atoms with Crippen molar-refractivity contribution in [1.29, 1.82) is 0 Å². The Labute approximate surface area is 169 Å². The summed E-state index contributed by atoms with van der Waals surface area (Å²) in [6.45, 7) is 4.34. The third-order valence-electron chi connectivity index (χ3n) is 4.24. The fraction of sp³-hybridized carbons (Fsp3) is 0.211. The van der Waals surface area contributed by atoms with Crippen LogP contribution in [0.4, 0.5) is 10.3 Å². The van der Waals surface area contributed by atoms with E-state index in [9.17, 15) is 4.79 Å². The first-order valence-electron chi connectivity index (χ1n) is 8.34. The number of nitrogens with one attached hydrogen (secondary N) is 1. The number of rotatable bonds is 4. The second-order valence-corrected chi connectivity index (χ2v) is 8.85. The standard InChI is InChI=1S/C19H17ClN4OS2/c1-10-4-5-11(2)17-16(10)23-19(27-17)24(3)9-15(25)22-18-21-13-7-6-12(20)8-14(13)26-18/h4-8H,9H2,1-3H3,(H,21,22,25). The number of nitrogens with zero attached hydrogens (tertiary/aromatic N) is 3. The van der Waals surface area contributed by atoms with Gasteiger partial charge in [0.05, 0.1) is 27.0 Å². The molecule has 1 N–H and O–H groups in total. The van der Waals surface area contributed by atoms with Crippen LogP contribution in [0.2, 0.25) is 5.02 Å². The highest BCUT2D eigenvalue weighted by Gasteiger charge is 2.15. The van der Waals surface area contributed by atoms with E-state index >= 15 is 0 Å². The molecular formula is C19H17ClN4OS2. The molecule has 8 heteroatoms. The molecule has 0 bridgehead atoms. The summed E-state index contributed by atoms with van der Waals surface area (Å²) in [5, 5.41) is 4.92. The smallest absolute Gasteiger partial charge is 0.245 e. The lowest BCUT2D eigenvalue weighted by Crippen LogP contribution is -2.29. The first-order chi connectivity index (χ1) is 12.9. The van der Waals surface area contributed by atoms with E-state index in [4.69, 9.17) is 16.6 Å². The molecular weight excluding hydrogens is 400 g/mol. The Morgan fingerprint density at radius 2 is 1.93 bits per heavy atom. The number of hydrogen-bond donors (Lipinski definition) is 1. The van der Waals surface area contributed by atoms with Crippen LogP contribution in [0.15, 0.2) is 30.3 Å². The van der Waals surface area contributed by atoms with Gasteiger partial charge in [-0.05, 0) is 43.2 Å². The van der Waals surface area contributed by atoms with E-state index in [-0.39, 0.29) is 12.5 Å². The number of amides is 1. The molecule has 0 atom stereocenters. The van der Waals surface area contributed by atoms with Crippen molar-refractivity contribution < 1.29 is 4.79 Å². The lowest BCUT2D eigenvalue weighted by Gasteiger charge is -2.14. The molecule has 2 heterocycles. The minimum atomic E-state index is -0.129. The molecule has 0 aliphatic carbocycles. The van der Waals surface area contributed by atoms with Crippen molar-refractivity contribution in [3.05, 3.63) is 46.5 Å². The van der Waals surface area contributed by atoms with Gasteiger partial charge in [0, 0.05) is 12.1 Å². The molecule has 2 aromatic heterocycles. The predicted molar refractivity (Wildman–Crippen MR) is 116 cm³/mol. The van der Waals surface area contributed by atoms with E-state index in [1.165, 1.54) is 21.6 Å². The number of thiazole rings is 2. The average molecular weight is 417 g/mol. The predicted octanol–water partition coefficient (Wildman–Crippen LogP) is 5.25. The van der Waals surface area contributed by atoms with Crippen molar-refractivity contribution in [3.8, 4) is 0 Å². The van der Waals surface area contributed by atoms with Crippen LogP contribution in [0.25, 0.3) is 20.4 Å². The summed E-state index contributed by atoms with van der Waals surface area (Å²) < 4.78 is 2.11. The number of hydrogen-bond acceptors (Lipinski definition) is 6. The lowest BCUT2D eigenvalue weighted by molar-refractivity contribution is -0.114. The molecule has 0 unspecified atom stereocenters. The first kappa shape index (κ1) is 18.2. The molecule has 0 spiro atoms. The summed E-state index contributed by atoms with van der Waals surface area (Å²) >= 11 is 9.02. The first-order valence-corrected chi connectivity index (χ1v) is 10.4. The maximum atomic E-state index is 12.5. The number of carbonyl (C=O) groups is 1. The Hall–Kier alpha value is -2.22. The van der Waals surface area contributed by atoms with E-state index in [1.54, 1.807) is 17.4 Å². The Morgan fingerprint density at radius 3 is 2.70 bits per heavy atom. The summed E-state index contributed by atoms with van der Waals surface area (Å²) in [4.78, 5) is 23.5. The molecule has 0 saturated carbocycles. The summed E-state index contributed by atoms with van der Waals surface area (Å²) in [5.41, 5.74) is 4.17. The molecule has 4 rings (SSSR count). The summed E-state index contributed by atoms with van der Waals surface area (Å²) in [6, 6.07) is 9.67. The SMILES string of the molecule is Cc1ccc(C)c2sc(N(C)CC(=O)Nc3nc4ccc(Cl)cc4s3)nc12. The van der Waals surface area contributed by atoms with Gasteiger partial charge >= 0.3 is 0 Å². The van der Waals surface area contributed by atoms with Gasteiger partial charge in [-0.25, -0.2) is 9.97 Å². The zero-order valence-electron chi connectivity index (χ0n) is 15.0. The van der Waals surface area contributed by atoms with Crippen LogP contribution in [-0.4, -0.2) is 29.5 Å². The number of aryl methyl sites for hydroxylation is 2. The lowest BCUT2D eigenvalue weighted by atomic mass is 10.1. The molecule has 0 saturated heterocycles. The van der Waals surface area contributed by atoms with E-state index in [0.717, 1.165) is 26.4 Å². The van der Waals surface area contributed by atoms with Gasteiger partial charge in [0.1, 0.15) is 0 Å². The quantitative estimate of drug-likeness (QED) is 0.493. The van der Waals surface area contributed by atoms with Crippen molar-refractivity contribution in [3.63, 3.8) is 0 Å². The minimum absolute atomic E-state index is 0.129. The normalized spacial score (nSPS) is 11.3. The van der Waals surface area contributed by atoms with E-state index < -0.39 is 0 Å². The number of carbonyl (C=O) groups excluding carboxylic acids is 1. The van der Waals surface area contributed by atoms with Crippen LogP contribution >= 0.6 is 34.3 Å². The fourth-order valence-corrected chi connectivity index (χ4v) is 5.04. The molecule has 0 aliphatic rings. The van der Waals surface area contributed by atoms with Crippen LogP contribution in [0, 0.1) is 13.8 Å². The van der Waals surface area contributed by atoms with Gasteiger partial charge in [0.2, 0.25) is 5.91 Å². The van der Waals surface area contributed by atoms with E-state index in [0.29, 0.717) is 10.2 Å². The molecule has 0 fully saturated rings. The van der Waals surface area contributed by atoms with Gasteiger partial charge in [0.25, 0.3) is 0 Å². The van der Waals surface area contributed by atoms with Gasteiger partial charge < -0.3 is 10.2 Å². The van der Waals surface area contributed by atoms with Crippen molar-refractivity contribution in [2.24, 2.45) is 0 Å². The van der Waals surface area contributed by atoms with Gasteiger partial charge in [-0.15, -0.1) is 0 Å². The van der Waals surface area contributed by atoms with Crippen LogP contribution in [0.1, 0.15) is 11.1 Å². The van der Waals surface area contributed by atoms with Gasteiger partial charge in [-0.1, -0.05) is 46.4 Å². The van der Waals surface area contributed by atoms with Crippen LogP contribution in [-0.2, 0) is 4.79 Å². The summed E-state index contributed by atoms with van der Waals surface area (Å²) in [5.74, 6) is -0.129. The van der Waals surface area contributed by atoms with Gasteiger partial charge in [-0.2, -0.15) is 0 Å². The second-order valence-electron chi connectivity index (χ2n) is 6.41. The molecule has 27 heavy (non-hydrogen) atoms. The van der Waals surface area contributed by atoms with Crippen molar-refractivity contribution in [2.45, 2.75) is 13.8 Å². The van der Waals surface area contributed by atoms with E-state index in [1.807, 2.05) is 24.1 Å². The maximum absolute atomic E-state index is 12.5. The number of benzene rings is 2. The number of fused-ring (bicyclic) bond motifs is 2. The third-order valence-corrected chi connectivity index (χ3v) is 6.71. The Balaban J connectivity index is 1.50. The highest BCUT2D eigenvalue weighted by atomic mass is 35.5. The molecule has 2 aromatic carbocycles. The number of halogens is 1. The number of likely N-dealkylation sites (N-methyl/N-ethyl adjacent to an activating group) is 1. The zero-order chi connectivity index (χ0) is 19.1. The van der Waals surface area contributed by atoms with E-state index in [2.05, 4.69) is 36.3 Å². The summed E-state index contributed by atoms with van der Waals surface area (Å²) in [7, 11) is 1.88. The molecule has 4 aromatic rings. The molecule has 5 nitrogen and oxygen atoms in total. The number of anilines is 2. The van der Waals surface area contributed by atoms with Crippen molar-refractivity contribution >= 4 is 70.9 Å². The molecule has 0 aliphatic heterocycles. The van der Waals surface area contributed by atoms with Gasteiger partial charge in [-0.3, -0.25) is 4.79 Å². The molecule has 0 radical (unpaired) electrons. The van der Waals surface area contributed by atoms with Crippen LogP contribution in [0.3, 0.4) is 0 Å². The maximum Gasteiger partial charge on any atom is 0.245 e. The topological polar surface area (TPSA) is 58.1 Å². The van der Waals surface area contributed by atoms with Crippen LogP contribution < -0.4 is 10.2 Å². The average Bonchev–Trinajstić information content (AvgIpc) is 3.22. The largest absolute Gasteiger partial charge is 0.342 e. The van der Waals surface area contributed by atoms with Crippen molar-refractivity contribution in [2.75, 3.05) is 23.8 Å². The van der Waals surface area contributed by atoms with Crippen molar-refractivity contribution in [1.82, 2.24) is 9.97 Å². The molecule has 138 valence electrons. The highest BCUT2D eigenvalue weighted by Crippen LogP contribution is 2.32. The molecule has 1 amide bonds. The minimum Gasteiger partial charge on any atom is -0.342 e. The monoisotopic (exact) mass is 416 g/mol. The summed E-state index contributed by atoms with van der Waals surface area (Å²) in [6.07, 6.45) is 0. The third kappa shape index (κ3) is 3.63.